The molecule has 0 spiro atoms. The van der Waals surface area contributed by atoms with Crippen molar-refractivity contribution < 1.29 is 19.1 Å². The summed E-state index contributed by atoms with van der Waals surface area (Å²) in [4.78, 5) is 28.0. The Morgan fingerprint density at radius 3 is 2.61 bits per heavy atom. The number of aryl methyl sites for hydroxylation is 1. The van der Waals surface area contributed by atoms with Crippen LogP contribution in [0.3, 0.4) is 0 Å². The molecule has 0 bridgehead atoms. The van der Waals surface area contributed by atoms with Gasteiger partial charge in [-0.3, -0.25) is 9.59 Å². The number of amides is 2. The lowest BCUT2D eigenvalue weighted by molar-refractivity contribution is -0.138. The molecule has 2 aliphatic rings. The number of carbonyl (C=O) groups is 2. The third-order valence-electron chi connectivity index (χ3n) is 6.34. The Kier molecular flexibility index (Phi) is 8.76. The van der Waals surface area contributed by atoms with E-state index in [1.54, 1.807) is 7.11 Å². The van der Waals surface area contributed by atoms with E-state index in [0.717, 1.165) is 36.1 Å². The minimum Gasteiger partial charge on any atom is -0.493 e. The third kappa shape index (κ3) is 7.44. The molecule has 1 aliphatic carbocycles. The molecule has 0 radical (unpaired) electrons. The number of methoxy groups -OCH3 is 1. The molecule has 2 atom stereocenters. The Balaban J connectivity index is 1.63. The SMILES string of the molecule is COCCCOc1cc(CN(C(=O)C2CNCC(NC(=O)C(C)(C)C)C2)C2CC2)ccc1C. The molecule has 1 aromatic rings. The van der Waals surface area contributed by atoms with Crippen molar-refractivity contribution >= 4 is 11.8 Å². The number of hydrogen-bond donors (Lipinski definition) is 2. The topological polar surface area (TPSA) is 79.9 Å². The van der Waals surface area contributed by atoms with Gasteiger partial charge in [-0.1, -0.05) is 32.9 Å². The number of hydrogen-bond acceptors (Lipinski definition) is 5. The van der Waals surface area contributed by atoms with E-state index in [4.69, 9.17) is 9.47 Å². The fraction of sp³-hybridized carbons (Fsp3) is 0.692. The van der Waals surface area contributed by atoms with Crippen molar-refractivity contribution in [1.29, 1.82) is 0 Å². The number of nitrogens with one attached hydrogen (secondary N) is 2. The summed E-state index contributed by atoms with van der Waals surface area (Å²) in [6, 6.07) is 6.51. The van der Waals surface area contributed by atoms with E-state index in [9.17, 15) is 9.59 Å². The van der Waals surface area contributed by atoms with E-state index in [1.165, 1.54) is 0 Å². The van der Waals surface area contributed by atoms with E-state index >= 15 is 0 Å². The standard InChI is InChI=1S/C26H41N3O4/c1-18-7-8-19(13-23(18)33-12-6-11-32-5)17-29(22-9-10-22)24(30)20-14-21(16-27-15-20)28-25(31)26(2,3)4/h7-8,13,20-22,27H,6,9-12,14-17H2,1-5H3,(H,28,31). The number of ether oxygens (including phenoxy) is 2. The summed E-state index contributed by atoms with van der Waals surface area (Å²) in [6.07, 6.45) is 3.64. The van der Waals surface area contributed by atoms with Crippen molar-refractivity contribution in [2.45, 2.75) is 72.0 Å². The molecule has 2 fully saturated rings. The van der Waals surface area contributed by atoms with Crippen LogP contribution in [0.2, 0.25) is 0 Å². The third-order valence-corrected chi connectivity index (χ3v) is 6.34. The maximum absolute atomic E-state index is 13.5. The van der Waals surface area contributed by atoms with Gasteiger partial charge in [0.2, 0.25) is 11.8 Å². The van der Waals surface area contributed by atoms with Crippen LogP contribution in [0.4, 0.5) is 0 Å². The summed E-state index contributed by atoms with van der Waals surface area (Å²) in [6.45, 7) is 11.0. The van der Waals surface area contributed by atoms with Crippen LogP contribution in [0.5, 0.6) is 5.75 Å². The highest BCUT2D eigenvalue weighted by Gasteiger charge is 2.38. The molecule has 2 unspecified atom stereocenters. The van der Waals surface area contributed by atoms with Crippen LogP contribution in [0.25, 0.3) is 0 Å². The van der Waals surface area contributed by atoms with Crippen LogP contribution >= 0.6 is 0 Å². The lowest BCUT2D eigenvalue weighted by atomic mass is 9.91. The predicted octanol–water partition coefficient (Wildman–Crippen LogP) is 3.04. The van der Waals surface area contributed by atoms with Gasteiger partial charge in [-0.2, -0.15) is 0 Å². The Hall–Kier alpha value is -2.12. The fourth-order valence-electron chi connectivity index (χ4n) is 4.13. The molecule has 1 saturated heterocycles. The highest BCUT2D eigenvalue weighted by atomic mass is 16.5. The number of rotatable bonds is 10. The zero-order valence-electron chi connectivity index (χ0n) is 20.9. The summed E-state index contributed by atoms with van der Waals surface area (Å²) in [5, 5.41) is 6.48. The zero-order chi connectivity index (χ0) is 24.0. The quantitative estimate of drug-likeness (QED) is 0.526. The molecular formula is C26H41N3O4. The van der Waals surface area contributed by atoms with Crippen molar-refractivity contribution in [3.63, 3.8) is 0 Å². The van der Waals surface area contributed by atoms with Gasteiger partial charge in [0, 0.05) is 57.3 Å². The summed E-state index contributed by atoms with van der Waals surface area (Å²) in [5.41, 5.74) is 1.74. The molecule has 184 valence electrons. The second kappa shape index (κ2) is 11.3. The molecule has 1 heterocycles. The molecule has 7 nitrogen and oxygen atoms in total. The Bertz CT molecular complexity index is 816. The first-order chi connectivity index (χ1) is 15.7. The second-order valence-electron chi connectivity index (χ2n) is 10.5. The average Bonchev–Trinajstić information content (AvgIpc) is 3.61. The first-order valence-electron chi connectivity index (χ1n) is 12.2. The van der Waals surface area contributed by atoms with Crippen LogP contribution < -0.4 is 15.4 Å². The normalized spacial score (nSPS) is 20.9. The highest BCUT2D eigenvalue weighted by Crippen LogP contribution is 2.32. The van der Waals surface area contributed by atoms with E-state index < -0.39 is 5.41 Å². The van der Waals surface area contributed by atoms with Gasteiger partial charge in [-0.15, -0.1) is 0 Å². The minimum absolute atomic E-state index is 0.0213. The molecule has 2 amide bonds. The molecule has 2 N–H and O–H groups in total. The fourth-order valence-corrected chi connectivity index (χ4v) is 4.13. The number of nitrogens with zero attached hydrogens (tertiary/aromatic N) is 1. The van der Waals surface area contributed by atoms with E-state index in [2.05, 4.69) is 28.8 Å². The summed E-state index contributed by atoms with van der Waals surface area (Å²) < 4.78 is 11.1. The van der Waals surface area contributed by atoms with Gasteiger partial charge < -0.3 is 25.0 Å². The molecule has 33 heavy (non-hydrogen) atoms. The lowest BCUT2D eigenvalue weighted by Gasteiger charge is -2.35. The summed E-state index contributed by atoms with van der Waals surface area (Å²) >= 11 is 0. The average molecular weight is 460 g/mol. The molecule has 1 aromatic carbocycles. The van der Waals surface area contributed by atoms with Gasteiger partial charge in [0.15, 0.2) is 0 Å². The number of piperidine rings is 1. The Labute approximate surface area is 198 Å². The van der Waals surface area contributed by atoms with Crippen molar-refractivity contribution in [3.05, 3.63) is 29.3 Å². The van der Waals surface area contributed by atoms with Crippen molar-refractivity contribution in [3.8, 4) is 5.75 Å². The molecule has 0 aromatic heterocycles. The maximum atomic E-state index is 13.5. The van der Waals surface area contributed by atoms with Gasteiger partial charge in [-0.05, 0) is 43.4 Å². The van der Waals surface area contributed by atoms with Crippen molar-refractivity contribution in [2.24, 2.45) is 11.3 Å². The van der Waals surface area contributed by atoms with Crippen molar-refractivity contribution in [2.75, 3.05) is 33.4 Å². The largest absolute Gasteiger partial charge is 0.493 e. The van der Waals surface area contributed by atoms with Gasteiger partial charge in [-0.25, -0.2) is 0 Å². The van der Waals surface area contributed by atoms with E-state index in [0.29, 0.717) is 45.3 Å². The van der Waals surface area contributed by atoms with Gasteiger partial charge in [0.1, 0.15) is 5.75 Å². The minimum atomic E-state index is -0.439. The van der Waals surface area contributed by atoms with E-state index in [1.807, 2.05) is 32.6 Å². The number of carbonyl (C=O) groups excluding carboxylic acids is 2. The summed E-state index contributed by atoms with van der Waals surface area (Å²) in [5.74, 6) is 0.956. The first-order valence-corrected chi connectivity index (χ1v) is 12.2. The van der Waals surface area contributed by atoms with Gasteiger partial charge in [0.25, 0.3) is 0 Å². The highest BCUT2D eigenvalue weighted by molar-refractivity contribution is 5.82. The zero-order valence-corrected chi connectivity index (χ0v) is 20.9. The van der Waals surface area contributed by atoms with Crippen molar-refractivity contribution in [1.82, 2.24) is 15.5 Å². The van der Waals surface area contributed by atoms with Crippen LogP contribution in [-0.4, -0.2) is 62.2 Å². The second-order valence-corrected chi connectivity index (χ2v) is 10.5. The van der Waals surface area contributed by atoms with Gasteiger partial charge >= 0.3 is 0 Å². The maximum Gasteiger partial charge on any atom is 0.227 e. The molecular weight excluding hydrogens is 418 g/mol. The lowest BCUT2D eigenvalue weighted by Crippen LogP contribution is -2.54. The molecule has 1 saturated carbocycles. The first kappa shape index (κ1) is 25.5. The van der Waals surface area contributed by atoms with Crippen LogP contribution in [-0.2, 0) is 20.9 Å². The van der Waals surface area contributed by atoms with E-state index in [-0.39, 0.29) is 23.8 Å². The van der Waals surface area contributed by atoms with Crippen LogP contribution in [0.1, 0.15) is 57.6 Å². The Morgan fingerprint density at radius 1 is 1.18 bits per heavy atom. The van der Waals surface area contributed by atoms with Gasteiger partial charge in [0.05, 0.1) is 12.5 Å². The van der Waals surface area contributed by atoms with Crippen LogP contribution in [0.15, 0.2) is 18.2 Å². The van der Waals surface area contributed by atoms with Crippen LogP contribution in [0, 0.1) is 18.3 Å². The predicted molar refractivity (Wildman–Crippen MR) is 129 cm³/mol. The molecule has 3 rings (SSSR count). The molecule has 7 heteroatoms. The smallest absolute Gasteiger partial charge is 0.227 e. The summed E-state index contributed by atoms with van der Waals surface area (Å²) in [7, 11) is 1.69. The number of benzene rings is 1. The monoisotopic (exact) mass is 459 g/mol. The Morgan fingerprint density at radius 2 is 1.94 bits per heavy atom. The molecule has 1 aliphatic heterocycles.